The molecular formula is C24H20ClN3O7S. The van der Waals surface area contributed by atoms with Gasteiger partial charge in [-0.05, 0) is 42.8 Å². The van der Waals surface area contributed by atoms with Gasteiger partial charge >= 0.3 is 11.7 Å². The van der Waals surface area contributed by atoms with Crippen LogP contribution in [0, 0.1) is 10.1 Å². The molecule has 0 radical (unpaired) electrons. The Morgan fingerprint density at radius 1 is 1.17 bits per heavy atom. The Morgan fingerprint density at radius 3 is 2.50 bits per heavy atom. The Kier molecular flexibility index (Phi) is 6.95. The first-order chi connectivity index (χ1) is 17.2. The maximum atomic E-state index is 13.7. The van der Waals surface area contributed by atoms with Crippen molar-refractivity contribution in [2.24, 2.45) is 4.99 Å². The highest BCUT2D eigenvalue weighted by atomic mass is 35.5. The van der Waals surface area contributed by atoms with Gasteiger partial charge in [0.2, 0.25) is 0 Å². The second-order valence-electron chi connectivity index (χ2n) is 7.65. The van der Waals surface area contributed by atoms with Crippen molar-refractivity contribution in [2.75, 3.05) is 21.3 Å². The Labute approximate surface area is 213 Å². The molecule has 0 spiro atoms. The SMILES string of the molecule is COC(=O)C1=C(C)N=c2s/c(=C\c3ccc(OC)c([N+](=O)[O-])c3)c(=O)n2[C@H]1c1cc(Cl)ccc1OC. The molecule has 36 heavy (non-hydrogen) atoms. The Balaban J connectivity index is 2.00. The molecule has 1 aliphatic rings. The minimum atomic E-state index is -0.922. The quantitative estimate of drug-likeness (QED) is 0.273. The summed E-state index contributed by atoms with van der Waals surface area (Å²) >= 11 is 7.36. The highest BCUT2D eigenvalue weighted by Crippen LogP contribution is 2.37. The van der Waals surface area contributed by atoms with Gasteiger partial charge in [-0.3, -0.25) is 19.5 Å². The van der Waals surface area contributed by atoms with Crippen molar-refractivity contribution in [3.63, 3.8) is 0 Å². The fourth-order valence-corrected chi connectivity index (χ4v) is 5.22. The van der Waals surface area contributed by atoms with Crippen LogP contribution in [-0.4, -0.2) is 36.8 Å². The summed E-state index contributed by atoms with van der Waals surface area (Å²) < 4.78 is 17.2. The first kappa shape index (κ1) is 25.1. The van der Waals surface area contributed by atoms with E-state index in [1.807, 2.05) is 0 Å². The molecule has 1 atom stereocenters. The number of allylic oxidation sites excluding steroid dienone is 1. The third kappa shape index (κ3) is 4.38. The van der Waals surface area contributed by atoms with Gasteiger partial charge in [0.1, 0.15) is 11.8 Å². The number of halogens is 1. The van der Waals surface area contributed by atoms with Gasteiger partial charge in [0.05, 0.1) is 42.1 Å². The lowest BCUT2D eigenvalue weighted by molar-refractivity contribution is -0.385. The van der Waals surface area contributed by atoms with Crippen LogP contribution in [0.15, 0.2) is 57.5 Å². The van der Waals surface area contributed by atoms with Crippen LogP contribution < -0.4 is 24.4 Å². The van der Waals surface area contributed by atoms with Crippen molar-refractivity contribution in [3.8, 4) is 11.5 Å². The molecule has 1 aromatic heterocycles. The van der Waals surface area contributed by atoms with E-state index in [2.05, 4.69) is 4.99 Å². The lowest BCUT2D eigenvalue weighted by Gasteiger charge is -2.25. The average molecular weight is 530 g/mol. The molecular weight excluding hydrogens is 510 g/mol. The summed E-state index contributed by atoms with van der Waals surface area (Å²) in [4.78, 5) is 42.2. The van der Waals surface area contributed by atoms with Crippen LogP contribution >= 0.6 is 22.9 Å². The van der Waals surface area contributed by atoms with Crippen molar-refractivity contribution in [2.45, 2.75) is 13.0 Å². The number of benzene rings is 2. The molecule has 0 N–H and O–H groups in total. The van der Waals surface area contributed by atoms with E-state index in [0.29, 0.717) is 32.4 Å². The van der Waals surface area contributed by atoms with Gasteiger partial charge < -0.3 is 14.2 Å². The predicted octanol–water partition coefficient (Wildman–Crippen LogP) is 2.99. The monoisotopic (exact) mass is 529 g/mol. The van der Waals surface area contributed by atoms with E-state index in [1.54, 1.807) is 31.2 Å². The molecule has 2 heterocycles. The topological polar surface area (TPSA) is 122 Å². The molecule has 4 rings (SSSR count). The number of nitrogens with zero attached hydrogens (tertiary/aromatic N) is 3. The molecule has 0 bridgehead atoms. The van der Waals surface area contributed by atoms with Gasteiger partial charge in [-0.15, -0.1) is 0 Å². The number of esters is 1. The lowest BCUT2D eigenvalue weighted by atomic mass is 9.95. The summed E-state index contributed by atoms with van der Waals surface area (Å²) in [6.07, 6.45) is 1.53. The number of methoxy groups -OCH3 is 3. The summed E-state index contributed by atoms with van der Waals surface area (Å²) in [5.41, 5.74) is 0.766. The zero-order valence-electron chi connectivity index (χ0n) is 19.6. The molecule has 0 fully saturated rings. The van der Waals surface area contributed by atoms with Gasteiger partial charge in [-0.2, -0.15) is 0 Å². The molecule has 0 amide bonds. The zero-order chi connectivity index (χ0) is 26.1. The molecule has 10 nitrogen and oxygen atoms in total. The Bertz CT molecular complexity index is 1610. The van der Waals surface area contributed by atoms with E-state index in [4.69, 9.17) is 25.8 Å². The zero-order valence-corrected chi connectivity index (χ0v) is 21.2. The lowest BCUT2D eigenvalue weighted by Crippen LogP contribution is -2.40. The summed E-state index contributed by atoms with van der Waals surface area (Å²) in [7, 11) is 4.06. The minimum Gasteiger partial charge on any atom is -0.496 e. The fourth-order valence-electron chi connectivity index (χ4n) is 4.00. The van der Waals surface area contributed by atoms with Gasteiger partial charge in [-0.1, -0.05) is 29.0 Å². The standard InChI is InChI=1S/C24H20ClN3O7S/c1-12-20(23(30)35-4)21(15-11-14(25)6-8-17(15)33-2)27-22(29)19(36-24(27)26-12)10-13-5-7-18(34-3)16(9-13)28(31)32/h5-11,21H,1-4H3/b19-10-/t21-/m0/s1. The maximum Gasteiger partial charge on any atom is 0.338 e. The highest BCUT2D eigenvalue weighted by molar-refractivity contribution is 7.07. The van der Waals surface area contributed by atoms with E-state index in [-0.39, 0.29) is 21.5 Å². The van der Waals surface area contributed by atoms with Gasteiger partial charge in [-0.25, -0.2) is 9.79 Å². The molecule has 3 aromatic rings. The summed E-state index contributed by atoms with van der Waals surface area (Å²) in [5.74, 6) is -0.130. The van der Waals surface area contributed by atoms with Crippen molar-refractivity contribution in [1.82, 2.24) is 4.57 Å². The number of nitro groups is 1. The van der Waals surface area contributed by atoms with Crippen molar-refractivity contribution < 1.29 is 23.9 Å². The minimum absolute atomic E-state index is 0.102. The average Bonchev–Trinajstić information content (AvgIpc) is 3.16. The van der Waals surface area contributed by atoms with Crippen LogP contribution in [-0.2, 0) is 9.53 Å². The van der Waals surface area contributed by atoms with Crippen LogP contribution in [0.25, 0.3) is 6.08 Å². The first-order valence-electron chi connectivity index (χ1n) is 10.5. The van der Waals surface area contributed by atoms with Crippen molar-refractivity contribution in [3.05, 3.63) is 93.6 Å². The number of carbonyl (C=O) groups excluding carboxylic acids is 1. The molecule has 0 saturated carbocycles. The molecule has 12 heteroatoms. The van der Waals surface area contributed by atoms with Crippen molar-refractivity contribution in [1.29, 1.82) is 0 Å². The second kappa shape index (κ2) is 9.96. The van der Waals surface area contributed by atoms with Crippen LogP contribution in [0.2, 0.25) is 5.02 Å². The number of nitro benzene ring substituents is 1. The number of hydrogen-bond acceptors (Lipinski definition) is 9. The van der Waals surface area contributed by atoms with Crippen LogP contribution in [0.4, 0.5) is 5.69 Å². The number of ether oxygens (including phenoxy) is 3. The number of hydrogen-bond donors (Lipinski definition) is 0. The number of thiazole rings is 1. The van der Waals surface area contributed by atoms with E-state index >= 15 is 0 Å². The van der Waals surface area contributed by atoms with Crippen molar-refractivity contribution >= 4 is 40.7 Å². The first-order valence-corrected chi connectivity index (χ1v) is 11.7. The molecule has 2 aromatic carbocycles. The van der Waals surface area contributed by atoms with Gasteiger partial charge in [0, 0.05) is 16.7 Å². The predicted molar refractivity (Wildman–Crippen MR) is 133 cm³/mol. The third-order valence-corrected chi connectivity index (χ3v) is 6.83. The van der Waals surface area contributed by atoms with E-state index < -0.39 is 22.5 Å². The van der Waals surface area contributed by atoms with Gasteiger partial charge in [0.25, 0.3) is 5.56 Å². The largest absolute Gasteiger partial charge is 0.496 e. The molecule has 1 aliphatic heterocycles. The number of rotatable bonds is 6. The van der Waals surface area contributed by atoms with Crippen LogP contribution in [0.1, 0.15) is 24.1 Å². The maximum absolute atomic E-state index is 13.7. The van der Waals surface area contributed by atoms with Gasteiger partial charge in [0.15, 0.2) is 10.6 Å². The van der Waals surface area contributed by atoms with Crippen LogP contribution in [0.3, 0.4) is 0 Å². The second-order valence-corrected chi connectivity index (χ2v) is 9.09. The normalized spacial score (nSPS) is 15.2. The summed E-state index contributed by atoms with van der Waals surface area (Å²) in [5, 5.41) is 11.8. The summed E-state index contributed by atoms with van der Waals surface area (Å²) in [6.45, 7) is 1.65. The molecule has 0 aliphatic carbocycles. The van der Waals surface area contributed by atoms with E-state index in [1.165, 1.54) is 44.1 Å². The number of aromatic nitrogens is 1. The number of carbonyl (C=O) groups is 1. The Hall–Kier alpha value is -3.96. The third-order valence-electron chi connectivity index (χ3n) is 5.61. The Morgan fingerprint density at radius 2 is 1.86 bits per heavy atom. The summed E-state index contributed by atoms with van der Waals surface area (Å²) in [6, 6.07) is 8.37. The molecule has 186 valence electrons. The highest BCUT2D eigenvalue weighted by Gasteiger charge is 2.35. The van der Waals surface area contributed by atoms with Crippen LogP contribution in [0.5, 0.6) is 11.5 Å². The van der Waals surface area contributed by atoms with E-state index in [0.717, 1.165) is 11.3 Å². The fraction of sp³-hybridized carbons (Fsp3) is 0.208. The molecule has 0 unspecified atom stereocenters. The number of fused-ring (bicyclic) bond motifs is 1. The smallest absolute Gasteiger partial charge is 0.338 e. The molecule has 0 saturated heterocycles. The van der Waals surface area contributed by atoms with E-state index in [9.17, 15) is 19.7 Å².